The highest BCUT2D eigenvalue weighted by Gasteiger charge is 2.18. The van der Waals surface area contributed by atoms with Gasteiger partial charge in [0.25, 0.3) is 0 Å². The Hall–Kier alpha value is -0.610. The molecular weight excluding hydrogens is 218 g/mol. The number of hydrogen-bond donors (Lipinski definition) is 1. The molecule has 16 heavy (non-hydrogen) atoms. The number of aromatic nitrogens is 2. The van der Waals surface area contributed by atoms with Crippen molar-refractivity contribution in [3.8, 4) is 0 Å². The minimum absolute atomic E-state index is 0.745. The highest BCUT2D eigenvalue weighted by atomic mass is 32.2. The summed E-state index contributed by atoms with van der Waals surface area (Å²) in [6, 6.07) is 0. The van der Waals surface area contributed by atoms with Gasteiger partial charge in [0.1, 0.15) is 5.82 Å². The molecule has 2 aliphatic rings. The Kier molecular flexibility index (Phi) is 3.11. The largest absolute Gasteiger partial charge is 0.316 e. The maximum absolute atomic E-state index is 4.72. The summed E-state index contributed by atoms with van der Waals surface area (Å²) in [4.78, 5) is 9.22. The summed E-state index contributed by atoms with van der Waals surface area (Å²) in [5.74, 6) is 4.10. The zero-order valence-corrected chi connectivity index (χ0v) is 10.2. The van der Waals surface area contributed by atoms with Gasteiger partial charge in [0, 0.05) is 18.4 Å². The van der Waals surface area contributed by atoms with Gasteiger partial charge < -0.3 is 5.32 Å². The third-order valence-corrected chi connectivity index (χ3v) is 4.36. The average Bonchev–Trinajstić information content (AvgIpc) is 2.82. The molecule has 1 unspecified atom stereocenters. The van der Waals surface area contributed by atoms with Crippen molar-refractivity contribution in [2.75, 3.05) is 18.8 Å². The molecule has 1 aromatic rings. The highest BCUT2D eigenvalue weighted by molar-refractivity contribution is 7.98. The number of fused-ring (bicyclic) bond motifs is 1. The van der Waals surface area contributed by atoms with Crippen LogP contribution in [0.5, 0.6) is 0 Å². The lowest BCUT2D eigenvalue weighted by atomic mass is 10.0. The van der Waals surface area contributed by atoms with E-state index < -0.39 is 0 Å². The van der Waals surface area contributed by atoms with Crippen LogP contribution in [0.25, 0.3) is 0 Å². The summed E-state index contributed by atoms with van der Waals surface area (Å²) in [5.41, 5.74) is 2.65. The molecule has 3 rings (SSSR count). The molecule has 3 nitrogen and oxygen atoms in total. The van der Waals surface area contributed by atoms with Crippen molar-refractivity contribution in [3.05, 3.63) is 23.3 Å². The Labute approximate surface area is 100 Å². The van der Waals surface area contributed by atoms with Crippen LogP contribution in [0.1, 0.15) is 23.5 Å². The molecule has 1 saturated heterocycles. The van der Waals surface area contributed by atoms with E-state index in [1.54, 1.807) is 0 Å². The first-order valence-corrected chi connectivity index (χ1v) is 7.19. The molecule has 0 bridgehead atoms. The molecule has 0 aromatic carbocycles. The van der Waals surface area contributed by atoms with Crippen LogP contribution < -0.4 is 5.32 Å². The third-order valence-electron chi connectivity index (χ3n) is 3.39. The molecule has 3 heterocycles. The van der Waals surface area contributed by atoms with Crippen molar-refractivity contribution in [2.24, 2.45) is 5.92 Å². The van der Waals surface area contributed by atoms with Crippen molar-refractivity contribution < 1.29 is 0 Å². The van der Waals surface area contributed by atoms with E-state index in [4.69, 9.17) is 4.98 Å². The van der Waals surface area contributed by atoms with Crippen LogP contribution in [0.2, 0.25) is 0 Å². The van der Waals surface area contributed by atoms with Crippen LogP contribution in [0.4, 0.5) is 0 Å². The number of thioether (sulfide) groups is 1. The molecule has 2 aliphatic heterocycles. The van der Waals surface area contributed by atoms with E-state index in [0.29, 0.717) is 0 Å². The van der Waals surface area contributed by atoms with E-state index in [-0.39, 0.29) is 0 Å². The van der Waals surface area contributed by atoms with Gasteiger partial charge in [-0.25, -0.2) is 9.97 Å². The van der Waals surface area contributed by atoms with Crippen molar-refractivity contribution in [2.45, 2.75) is 25.0 Å². The van der Waals surface area contributed by atoms with Crippen molar-refractivity contribution in [1.29, 1.82) is 0 Å². The molecule has 1 atom stereocenters. The van der Waals surface area contributed by atoms with Crippen LogP contribution >= 0.6 is 11.8 Å². The molecule has 0 saturated carbocycles. The van der Waals surface area contributed by atoms with Crippen LogP contribution in [-0.4, -0.2) is 28.8 Å². The Morgan fingerprint density at radius 1 is 1.50 bits per heavy atom. The second kappa shape index (κ2) is 4.72. The second-order valence-corrected chi connectivity index (χ2v) is 5.73. The monoisotopic (exact) mass is 235 g/mol. The Bertz CT molecular complexity index is 375. The van der Waals surface area contributed by atoms with Crippen molar-refractivity contribution in [1.82, 2.24) is 15.3 Å². The Morgan fingerprint density at radius 3 is 3.38 bits per heavy atom. The molecular formula is C12H17N3S. The first kappa shape index (κ1) is 10.5. The van der Waals surface area contributed by atoms with Gasteiger partial charge in [0.15, 0.2) is 0 Å². The van der Waals surface area contributed by atoms with Crippen LogP contribution in [0.15, 0.2) is 6.20 Å². The zero-order chi connectivity index (χ0) is 10.8. The van der Waals surface area contributed by atoms with Crippen LogP contribution in [0.3, 0.4) is 0 Å². The molecule has 1 aromatic heterocycles. The van der Waals surface area contributed by atoms with Gasteiger partial charge in [-0.3, -0.25) is 0 Å². The number of rotatable bonds is 2. The van der Waals surface area contributed by atoms with E-state index in [0.717, 1.165) is 43.4 Å². The fraction of sp³-hybridized carbons (Fsp3) is 0.667. The van der Waals surface area contributed by atoms with E-state index >= 15 is 0 Å². The first-order valence-electron chi connectivity index (χ1n) is 6.04. The molecule has 4 heteroatoms. The quantitative estimate of drug-likeness (QED) is 0.841. The summed E-state index contributed by atoms with van der Waals surface area (Å²) in [6.07, 6.45) is 5.52. The molecule has 0 spiro atoms. The summed E-state index contributed by atoms with van der Waals surface area (Å²) < 4.78 is 0. The van der Waals surface area contributed by atoms with Crippen LogP contribution in [0, 0.1) is 5.92 Å². The van der Waals surface area contributed by atoms with Crippen molar-refractivity contribution in [3.63, 3.8) is 0 Å². The first-order chi connectivity index (χ1) is 7.92. The normalized spacial score (nSPS) is 24.4. The molecule has 0 amide bonds. The topological polar surface area (TPSA) is 37.8 Å². The summed E-state index contributed by atoms with van der Waals surface area (Å²) >= 11 is 1.99. The van der Waals surface area contributed by atoms with Gasteiger partial charge in [-0.2, -0.15) is 11.8 Å². The predicted octanol–water partition coefficient (Wildman–Crippen LogP) is 1.42. The van der Waals surface area contributed by atoms with E-state index in [1.165, 1.54) is 23.4 Å². The summed E-state index contributed by atoms with van der Waals surface area (Å²) in [7, 11) is 0. The average molecular weight is 235 g/mol. The molecule has 1 fully saturated rings. The lowest BCUT2D eigenvalue weighted by molar-refractivity contribution is 0.559. The Balaban J connectivity index is 1.74. The van der Waals surface area contributed by atoms with Crippen LogP contribution in [-0.2, 0) is 18.6 Å². The summed E-state index contributed by atoms with van der Waals surface area (Å²) in [5, 5.41) is 3.40. The fourth-order valence-corrected chi connectivity index (χ4v) is 3.37. The van der Waals surface area contributed by atoms with E-state index in [9.17, 15) is 0 Å². The third kappa shape index (κ3) is 2.23. The van der Waals surface area contributed by atoms with Gasteiger partial charge in [-0.1, -0.05) is 0 Å². The van der Waals surface area contributed by atoms with Gasteiger partial charge >= 0.3 is 0 Å². The standard InChI is InChI=1S/C12H17N3S/c1-3-13-6-9(1)5-12-14-7-10-2-4-16-8-11(10)15-12/h7,9,13H,1-6,8H2. The zero-order valence-electron chi connectivity index (χ0n) is 9.41. The number of nitrogens with zero attached hydrogens (tertiary/aromatic N) is 2. The van der Waals surface area contributed by atoms with Gasteiger partial charge in [-0.15, -0.1) is 0 Å². The van der Waals surface area contributed by atoms with E-state index in [1.807, 2.05) is 11.8 Å². The lowest BCUT2D eigenvalue weighted by Gasteiger charge is -2.15. The van der Waals surface area contributed by atoms with E-state index in [2.05, 4.69) is 16.5 Å². The Morgan fingerprint density at radius 2 is 2.50 bits per heavy atom. The fourth-order valence-electron chi connectivity index (χ4n) is 2.41. The minimum Gasteiger partial charge on any atom is -0.316 e. The smallest absolute Gasteiger partial charge is 0.128 e. The minimum atomic E-state index is 0.745. The predicted molar refractivity (Wildman–Crippen MR) is 66.6 cm³/mol. The molecule has 0 radical (unpaired) electrons. The SMILES string of the molecule is c1nc(CC2CCNC2)nc2c1CCSC2. The molecule has 86 valence electrons. The van der Waals surface area contributed by atoms with Crippen molar-refractivity contribution >= 4 is 11.8 Å². The summed E-state index contributed by atoms with van der Waals surface area (Å²) in [6.45, 7) is 2.29. The van der Waals surface area contributed by atoms with Gasteiger partial charge in [0.2, 0.25) is 0 Å². The highest BCUT2D eigenvalue weighted by Crippen LogP contribution is 2.23. The maximum atomic E-state index is 4.72. The molecule has 0 aliphatic carbocycles. The maximum Gasteiger partial charge on any atom is 0.128 e. The number of hydrogen-bond acceptors (Lipinski definition) is 4. The van der Waals surface area contributed by atoms with Gasteiger partial charge in [0.05, 0.1) is 5.69 Å². The lowest BCUT2D eigenvalue weighted by Crippen LogP contribution is -2.14. The number of nitrogens with one attached hydrogen (secondary N) is 1. The second-order valence-electron chi connectivity index (χ2n) is 4.62. The number of aryl methyl sites for hydroxylation is 1. The van der Waals surface area contributed by atoms with Gasteiger partial charge in [-0.05, 0) is 43.2 Å². The molecule has 1 N–H and O–H groups in total.